The van der Waals surface area contributed by atoms with Crippen molar-refractivity contribution >= 4 is 22.8 Å². The van der Waals surface area contributed by atoms with Crippen LogP contribution in [0.4, 0.5) is 17.6 Å². The molecule has 1 aromatic heterocycles. The molecule has 0 aliphatic rings. The molecular weight excluding hydrogens is 416 g/mol. The molecule has 30 heavy (non-hydrogen) atoms. The number of hydrogen-bond donors (Lipinski definition) is 0. The van der Waals surface area contributed by atoms with Gasteiger partial charge in [-0.15, -0.1) is 11.8 Å². The molecule has 3 aromatic carbocycles. The Morgan fingerprint density at radius 1 is 1.00 bits per heavy atom. The number of aryl methyl sites for hydroxylation is 1. The highest BCUT2D eigenvalue weighted by atomic mass is 32.2. The number of aromatic nitrogens is 2. The van der Waals surface area contributed by atoms with Gasteiger partial charge in [0, 0.05) is 11.0 Å². The van der Waals surface area contributed by atoms with E-state index in [0.29, 0.717) is 22.7 Å². The van der Waals surface area contributed by atoms with Crippen molar-refractivity contribution in [1.82, 2.24) is 9.55 Å². The zero-order valence-electron chi connectivity index (χ0n) is 16.0. The summed E-state index contributed by atoms with van der Waals surface area (Å²) in [5.41, 5.74) is 0.927. The minimum absolute atomic E-state index is 0.103. The van der Waals surface area contributed by atoms with E-state index in [1.807, 2.05) is 13.2 Å². The Hall–Kier alpha value is -3.00. The second kappa shape index (κ2) is 7.68. The fraction of sp³-hybridized carbons (Fsp3) is 0.136. The summed E-state index contributed by atoms with van der Waals surface area (Å²) in [5.74, 6) is 0.472. The van der Waals surface area contributed by atoms with Crippen molar-refractivity contribution in [2.24, 2.45) is 0 Å². The highest BCUT2D eigenvalue weighted by Gasteiger charge is 2.33. The molecule has 4 aromatic rings. The second-order valence-corrected chi connectivity index (χ2v) is 7.54. The summed E-state index contributed by atoms with van der Waals surface area (Å²) < 4.78 is 60.9. The van der Waals surface area contributed by atoms with E-state index in [2.05, 4.69) is 4.98 Å². The van der Waals surface area contributed by atoms with Crippen molar-refractivity contribution in [3.05, 3.63) is 77.9 Å². The fourth-order valence-corrected chi connectivity index (χ4v) is 3.74. The van der Waals surface area contributed by atoms with Crippen LogP contribution in [0.15, 0.2) is 65.8 Å². The van der Waals surface area contributed by atoms with E-state index in [9.17, 15) is 17.6 Å². The number of thioether (sulfide) groups is 1. The molecule has 0 spiro atoms. The summed E-state index contributed by atoms with van der Waals surface area (Å²) in [6.07, 6.45) is -1.26. The molecule has 4 rings (SSSR count). The van der Waals surface area contributed by atoms with Gasteiger partial charge in [0.2, 0.25) is 0 Å². The van der Waals surface area contributed by atoms with E-state index in [1.54, 1.807) is 34.9 Å². The van der Waals surface area contributed by atoms with E-state index in [1.165, 1.54) is 36.3 Å². The Labute approximate surface area is 174 Å². The summed E-state index contributed by atoms with van der Waals surface area (Å²) in [5, 5.41) is 0. The maximum Gasteiger partial charge on any atom is 0.418 e. The quantitative estimate of drug-likeness (QED) is 0.256. The van der Waals surface area contributed by atoms with Crippen LogP contribution in [-0.2, 0) is 6.18 Å². The molecular formula is C22H16F4N2OS. The number of para-hydroxylation sites is 1. The molecule has 3 nitrogen and oxygen atoms in total. The number of nitrogens with zero attached hydrogens (tertiary/aromatic N) is 2. The fourth-order valence-electron chi connectivity index (χ4n) is 3.27. The molecule has 154 valence electrons. The Morgan fingerprint density at radius 3 is 2.50 bits per heavy atom. The number of rotatable bonds is 4. The van der Waals surface area contributed by atoms with Crippen molar-refractivity contribution in [3.8, 4) is 17.2 Å². The van der Waals surface area contributed by atoms with Crippen LogP contribution in [0.1, 0.15) is 11.1 Å². The molecule has 0 unspecified atom stereocenters. The van der Waals surface area contributed by atoms with Crippen LogP contribution in [0, 0.1) is 12.7 Å². The Balaban J connectivity index is 1.70. The summed E-state index contributed by atoms with van der Waals surface area (Å²) >= 11 is 1.41. The van der Waals surface area contributed by atoms with Gasteiger partial charge in [0.05, 0.1) is 16.8 Å². The van der Waals surface area contributed by atoms with Crippen LogP contribution in [0.25, 0.3) is 16.7 Å². The topological polar surface area (TPSA) is 27.1 Å². The molecule has 0 bridgehead atoms. The minimum Gasteiger partial charge on any atom is -0.457 e. The SMILES string of the molecule is CSc1cc(F)cc(Oc2ccc(-n3cnc4c(C(F)(F)F)cccc43)c(C)c2)c1. The van der Waals surface area contributed by atoms with Gasteiger partial charge in [-0.2, -0.15) is 13.2 Å². The molecule has 0 saturated carbocycles. The lowest BCUT2D eigenvalue weighted by Crippen LogP contribution is -2.05. The van der Waals surface area contributed by atoms with E-state index in [0.717, 1.165) is 16.5 Å². The smallest absolute Gasteiger partial charge is 0.418 e. The van der Waals surface area contributed by atoms with Crippen LogP contribution in [0.3, 0.4) is 0 Å². The lowest BCUT2D eigenvalue weighted by atomic mass is 10.1. The third-order valence-electron chi connectivity index (χ3n) is 4.63. The van der Waals surface area contributed by atoms with Gasteiger partial charge in [0.15, 0.2) is 0 Å². The number of hydrogen-bond acceptors (Lipinski definition) is 3. The largest absolute Gasteiger partial charge is 0.457 e. The van der Waals surface area contributed by atoms with Gasteiger partial charge in [-0.05, 0) is 61.2 Å². The first-order chi connectivity index (χ1) is 14.3. The van der Waals surface area contributed by atoms with Crippen molar-refractivity contribution < 1.29 is 22.3 Å². The van der Waals surface area contributed by atoms with Gasteiger partial charge in [-0.1, -0.05) is 6.07 Å². The highest BCUT2D eigenvalue weighted by Crippen LogP contribution is 2.35. The first-order valence-corrected chi connectivity index (χ1v) is 10.2. The average Bonchev–Trinajstić information content (AvgIpc) is 3.10. The van der Waals surface area contributed by atoms with Crippen LogP contribution in [0.5, 0.6) is 11.5 Å². The number of benzene rings is 3. The van der Waals surface area contributed by atoms with Crippen molar-refractivity contribution in [2.75, 3.05) is 6.26 Å². The maximum absolute atomic E-state index is 13.7. The minimum atomic E-state index is -4.48. The van der Waals surface area contributed by atoms with Crippen molar-refractivity contribution in [2.45, 2.75) is 18.0 Å². The van der Waals surface area contributed by atoms with Gasteiger partial charge in [0.1, 0.15) is 29.2 Å². The molecule has 0 N–H and O–H groups in total. The molecule has 0 amide bonds. The molecule has 0 fully saturated rings. The van der Waals surface area contributed by atoms with Gasteiger partial charge >= 0.3 is 6.18 Å². The summed E-state index contributed by atoms with van der Waals surface area (Å²) in [4.78, 5) is 4.73. The Bertz CT molecular complexity index is 1230. The monoisotopic (exact) mass is 432 g/mol. The predicted molar refractivity (Wildman–Crippen MR) is 109 cm³/mol. The number of halogens is 4. The molecule has 0 radical (unpaired) electrons. The highest BCUT2D eigenvalue weighted by molar-refractivity contribution is 7.98. The van der Waals surface area contributed by atoms with E-state index >= 15 is 0 Å². The van der Waals surface area contributed by atoms with Gasteiger partial charge < -0.3 is 4.74 Å². The van der Waals surface area contributed by atoms with Gasteiger partial charge in [-0.3, -0.25) is 4.57 Å². The number of imidazole rings is 1. The first kappa shape index (κ1) is 20.3. The molecule has 0 aliphatic carbocycles. The molecule has 0 aliphatic heterocycles. The lowest BCUT2D eigenvalue weighted by Gasteiger charge is -2.13. The first-order valence-electron chi connectivity index (χ1n) is 8.93. The van der Waals surface area contributed by atoms with E-state index in [4.69, 9.17) is 4.74 Å². The third-order valence-corrected chi connectivity index (χ3v) is 5.33. The summed E-state index contributed by atoms with van der Waals surface area (Å²) in [6, 6.07) is 13.6. The number of alkyl halides is 3. The van der Waals surface area contributed by atoms with Crippen LogP contribution >= 0.6 is 11.8 Å². The van der Waals surface area contributed by atoms with Crippen LogP contribution < -0.4 is 4.74 Å². The normalized spacial score (nSPS) is 11.8. The van der Waals surface area contributed by atoms with Gasteiger partial charge in [-0.25, -0.2) is 9.37 Å². The van der Waals surface area contributed by atoms with Crippen LogP contribution in [0.2, 0.25) is 0 Å². The average molecular weight is 432 g/mol. The van der Waals surface area contributed by atoms with E-state index in [-0.39, 0.29) is 5.52 Å². The molecule has 0 saturated heterocycles. The number of fused-ring (bicyclic) bond motifs is 1. The Kier molecular flexibility index (Phi) is 5.19. The van der Waals surface area contributed by atoms with Gasteiger partial charge in [0.25, 0.3) is 0 Å². The summed E-state index contributed by atoms with van der Waals surface area (Å²) in [7, 11) is 0. The Morgan fingerprint density at radius 2 is 1.80 bits per heavy atom. The van der Waals surface area contributed by atoms with Crippen molar-refractivity contribution in [3.63, 3.8) is 0 Å². The van der Waals surface area contributed by atoms with Crippen molar-refractivity contribution in [1.29, 1.82) is 0 Å². The lowest BCUT2D eigenvalue weighted by molar-refractivity contribution is -0.136. The molecule has 0 atom stereocenters. The van der Waals surface area contributed by atoms with Crippen LogP contribution in [-0.4, -0.2) is 15.8 Å². The molecule has 8 heteroatoms. The van der Waals surface area contributed by atoms with E-state index < -0.39 is 17.6 Å². The zero-order valence-corrected chi connectivity index (χ0v) is 16.8. The predicted octanol–water partition coefficient (Wildman–Crippen LogP) is 7.01. The third kappa shape index (κ3) is 3.87. The maximum atomic E-state index is 13.7. The standard InChI is InChI=1S/C22H16F4N2OS/c1-13-8-15(29-16-9-14(23)10-17(11-16)30-2)6-7-19(13)28-12-27-21-18(22(24,25)26)4-3-5-20(21)28/h3-12H,1-2H3. The molecule has 1 heterocycles. The zero-order chi connectivity index (χ0) is 21.5. The summed E-state index contributed by atoms with van der Waals surface area (Å²) in [6.45, 7) is 1.82. The second-order valence-electron chi connectivity index (χ2n) is 6.66. The number of ether oxygens (including phenoxy) is 1.